The molecular formula is C35H34N4O2. The van der Waals surface area contributed by atoms with Gasteiger partial charge < -0.3 is 14.2 Å². The molecule has 0 saturated carbocycles. The number of nitrogens with zero attached hydrogens (tertiary/aromatic N) is 4. The van der Waals surface area contributed by atoms with E-state index in [4.69, 9.17) is 9.97 Å². The van der Waals surface area contributed by atoms with Crippen LogP contribution in [-0.2, 0) is 31.2 Å². The number of hydrogen-bond acceptors (Lipinski definition) is 3. The fourth-order valence-corrected chi connectivity index (χ4v) is 5.84. The van der Waals surface area contributed by atoms with Gasteiger partial charge in [-0.15, -0.1) is 0 Å². The van der Waals surface area contributed by atoms with E-state index in [0.29, 0.717) is 13.0 Å². The van der Waals surface area contributed by atoms with Crippen molar-refractivity contribution in [3.05, 3.63) is 107 Å². The molecule has 206 valence electrons. The number of aryl methyl sites for hydroxylation is 4. The standard InChI is InChI=1S/C35H34N4O2/c1-4-10-32-37-34-23(2)19-27(35-36-29-13-8-9-14-30(29)38(35)3)21-31(34)39(32)22-24-15-17-28(25-11-6-5-7-12-25)26(20-24)16-18-33(40)41/h5-9,11-15,17,19-21H,4,10,16,18,22H2,1-3H3,(H,40,41). The monoisotopic (exact) mass is 542 g/mol. The maximum absolute atomic E-state index is 11.5. The molecule has 41 heavy (non-hydrogen) atoms. The average molecular weight is 543 g/mol. The van der Waals surface area contributed by atoms with Gasteiger partial charge in [0, 0.05) is 32.0 Å². The minimum Gasteiger partial charge on any atom is -0.481 e. The summed E-state index contributed by atoms with van der Waals surface area (Å²) in [6, 6.07) is 29.3. The molecule has 0 saturated heterocycles. The number of fused-ring (bicyclic) bond motifs is 2. The van der Waals surface area contributed by atoms with Crippen LogP contribution >= 0.6 is 0 Å². The molecule has 0 spiro atoms. The van der Waals surface area contributed by atoms with Gasteiger partial charge in [-0.2, -0.15) is 0 Å². The van der Waals surface area contributed by atoms with Crippen molar-refractivity contribution in [1.82, 2.24) is 19.1 Å². The first-order valence-electron chi connectivity index (χ1n) is 14.2. The van der Waals surface area contributed by atoms with Gasteiger partial charge in [0.05, 0.1) is 22.1 Å². The Kier molecular flexibility index (Phi) is 7.14. The van der Waals surface area contributed by atoms with Crippen molar-refractivity contribution >= 4 is 28.0 Å². The highest BCUT2D eigenvalue weighted by Gasteiger charge is 2.18. The predicted molar refractivity (Wildman–Crippen MR) is 165 cm³/mol. The Hall–Kier alpha value is -4.71. The van der Waals surface area contributed by atoms with Crippen molar-refractivity contribution in [3.63, 3.8) is 0 Å². The van der Waals surface area contributed by atoms with Crippen LogP contribution in [0.3, 0.4) is 0 Å². The Morgan fingerprint density at radius 2 is 1.63 bits per heavy atom. The SMILES string of the molecule is CCCc1nc2c(C)cc(-c3nc4ccccc4n3C)cc2n1Cc1ccc(-c2ccccc2)c(CCC(=O)O)c1. The molecule has 0 aliphatic rings. The number of hydrogen-bond donors (Lipinski definition) is 1. The quantitative estimate of drug-likeness (QED) is 0.204. The summed E-state index contributed by atoms with van der Waals surface area (Å²) in [6.45, 7) is 4.96. The zero-order chi connectivity index (χ0) is 28.5. The highest BCUT2D eigenvalue weighted by atomic mass is 16.4. The lowest BCUT2D eigenvalue weighted by Gasteiger charge is -2.14. The minimum atomic E-state index is -0.787. The summed E-state index contributed by atoms with van der Waals surface area (Å²) in [5.74, 6) is 1.21. The lowest BCUT2D eigenvalue weighted by atomic mass is 9.94. The first kappa shape index (κ1) is 26.5. The van der Waals surface area contributed by atoms with E-state index in [1.165, 1.54) is 0 Å². The number of carboxylic acids is 1. The molecule has 6 nitrogen and oxygen atoms in total. The highest BCUT2D eigenvalue weighted by molar-refractivity contribution is 5.87. The molecule has 0 atom stereocenters. The Bertz CT molecular complexity index is 1880. The lowest BCUT2D eigenvalue weighted by molar-refractivity contribution is -0.136. The van der Waals surface area contributed by atoms with Crippen molar-refractivity contribution in [3.8, 4) is 22.5 Å². The normalized spacial score (nSPS) is 11.5. The number of benzene rings is 4. The van der Waals surface area contributed by atoms with Crippen LogP contribution in [0.15, 0.2) is 84.9 Å². The molecule has 2 aromatic heterocycles. The van der Waals surface area contributed by atoms with Gasteiger partial charge in [-0.3, -0.25) is 4.79 Å². The third-order valence-electron chi connectivity index (χ3n) is 7.85. The molecule has 1 N–H and O–H groups in total. The maximum atomic E-state index is 11.5. The van der Waals surface area contributed by atoms with Crippen LogP contribution in [0.1, 0.15) is 42.3 Å². The van der Waals surface area contributed by atoms with Gasteiger partial charge in [-0.1, -0.05) is 67.6 Å². The van der Waals surface area contributed by atoms with Gasteiger partial charge >= 0.3 is 5.97 Å². The van der Waals surface area contributed by atoms with Gasteiger partial charge in [-0.05, 0) is 71.8 Å². The molecule has 2 heterocycles. The zero-order valence-corrected chi connectivity index (χ0v) is 23.8. The fraction of sp³-hybridized carbons (Fsp3) is 0.229. The summed E-state index contributed by atoms with van der Waals surface area (Å²) in [7, 11) is 2.07. The summed E-state index contributed by atoms with van der Waals surface area (Å²) in [5.41, 5.74) is 10.8. The number of aliphatic carboxylic acids is 1. The van der Waals surface area contributed by atoms with E-state index < -0.39 is 5.97 Å². The molecule has 6 rings (SSSR count). The maximum Gasteiger partial charge on any atom is 0.303 e. The summed E-state index contributed by atoms with van der Waals surface area (Å²) in [6.07, 6.45) is 2.45. The van der Waals surface area contributed by atoms with Crippen LogP contribution in [0.4, 0.5) is 0 Å². The molecule has 6 heteroatoms. The van der Waals surface area contributed by atoms with Crippen molar-refractivity contribution in [1.29, 1.82) is 0 Å². The molecule has 0 unspecified atom stereocenters. The largest absolute Gasteiger partial charge is 0.481 e. The molecule has 0 aliphatic carbocycles. The third kappa shape index (κ3) is 5.13. The molecule has 0 fully saturated rings. The van der Waals surface area contributed by atoms with E-state index in [2.05, 4.69) is 84.6 Å². The van der Waals surface area contributed by atoms with E-state index in [9.17, 15) is 9.90 Å². The minimum absolute atomic E-state index is 0.0962. The van der Waals surface area contributed by atoms with E-state index in [1.54, 1.807) is 0 Å². The zero-order valence-electron chi connectivity index (χ0n) is 23.8. The van der Waals surface area contributed by atoms with Crippen LogP contribution in [0, 0.1) is 6.92 Å². The second-order valence-electron chi connectivity index (χ2n) is 10.8. The molecule has 6 aromatic rings. The summed E-state index contributed by atoms with van der Waals surface area (Å²) in [5, 5.41) is 9.42. The van der Waals surface area contributed by atoms with E-state index in [0.717, 1.165) is 79.9 Å². The van der Waals surface area contributed by atoms with E-state index >= 15 is 0 Å². The average Bonchev–Trinajstić information content (AvgIpc) is 3.50. The Morgan fingerprint density at radius 3 is 2.39 bits per heavy atom. The predicted octanol–water partition coefficient (Wildman–Crippen LogP) is 7.58. The van der Waals surface area contributed by atoms with Crippen LogP contribution in [-0.4, -0.2) is 30.2 Å². The summed E-state index contributed by atoms with van der Waals surface area (Å²) < 4.78 is 4.48. The summed E-state index contributed by atoms with van der Waals surface area (Å²) >= 11 is 0. The highest BCUT2D eigenvalue weighted by Crippen LogP contribution is 2.32. The van der Waals surface area contributed by atoms with Gasteiger partial charge in [0.1, 0.15) is 11.6 Å². The lowest BCUT2D eigenvalue weighted by Crippen LogP contribution is -2.07. The van der Waals surface area contributed by atoms with Crippen LogP contribution in [0.25, 0.3) is 44.6 Å². The number of imidazole rings is 2. The number of para-hydroxylation sites is 2. The van der Waals surface area contributed by atoms with Gasteiger partial charge in [0.25, 0.3) is 0 Å². The van der Waals surface area contributed by atoms with Crippen molar-refractivity contribution in [2.45, 2.75) is 46.1 Å². The van der Waals surface area contributed by atoms with Crippen molar-refractivity contribution < 1.29 is 9.90 Å². The molecule has 0 radical (unpaired) electrons. The Balaban J connectivity index is 1.46. The fourth-order valence-electron chi connectivity index (χ4n) is 5.84. The summed E-state index contributed by atoms with van der Waals surface area (Å²) in [4.78, 5) is 21.5. The smallest absolute Gasteiger partial charge is 0.303 e. The second kappa shape index (κ2) is 11.0. The third-order valence-corrected chi connectivity index (χ3v) is 7.85. The van der Waals surface area contributed by atoms with E-state index in [-0.39, 0.29) is 6.42 Å². The molecule has 0 amide bonds. The molecular weight excluding hydrogens is 508 g/mol. The molecule has 0 bridgehead atoms. The van der Waals surface area contributed by atoms with Gasteiger partial charge in [0.15, 0.2) is 0 Å². The van der Waals surface area contributed by atoms with Crippen LogP contribution in [0.2, 0.25) is 0 Å². The first-order chi connectivity index (χ1) is 19.9. The van der Waals surface area contributed by atoms with E-state index in [1.807, 2.05) is 30.3 Å². The van der Waals surface area contributed by atoms with Crippen molar-refractivity contribution in [2.75, 3.05) is 0 Å². The number of carboxylic acid groups (broad SMARTS) is 1. The van der Waals surface area contributed by atoms with Crippen LogP contribution in [0.5, 0.6) is 0 Å². The topological polar surface area (TPSA) is 72.9 Å². The van der Waals surface area contributed by atoms with Gasteiger partial charge in [0.2, 0.25) is 0 Å². The molecule has 4 aromatic carbocycles. The first-order valence-corrected chi connectivity index (χ1v) is 14.2. The Morgan fingerprint density at radius 1 is 0.854 bits per heavy atom. The van der Waals surface area contributed by atoms with Crippen molar-refractivity contribution in [2.24, 2.45) is 7.05 Å². The Labute approximate surface area is 239 Å². The van der Waals surface area contributed by atoms with Gasteiger partial charge in [-0.25, -0.2) is 9.97 Å². The number of aromatic nitrogens is 4. The number of carbonyl (C=O) groups is 1. The molecule has 0 aliphatic heterocycles. The second-order valence-corrected chi connectivity index (χ2v) is 10.8. The van der Waals surface area contributed by atoms with Crippen LogP contribution < -0.4 is 0 Å². The number of rotatable bonds is 9.